The average molecular weight is 262 g/mol. The van der Waals surface area contributed by atoms with Gasteiger partial charge in [-0.05, 0) is 30.3 Å². The molecular weight excluding hydrogens is 250 g/mol. The van der Waals surface area contributed by atoms with E-state index in [1.807, 2.05) is 18.2 Å². The smallest absolute Gasteiger partial charge is 0.153 e. The minimum Gasteiger partial charge on any atom is -0.492 e. The van der Waals surface area contributed by atoms with Crippen molar-refractivity contribution in [3.63, 3.8) is 0 Å². The molecule has 1 aromatic carbocycles. The SMILES string of the molecule is O=Cc1cc(Cl)ccc1OCCc1ccccn1. The average Bonchev–Trinajstić information content (AvgIpc) is 2.41. The van der Waals surface area contributed by atoms with Gasteiger partial charge in [-0.2, -0.15) is 0 Å². The number of aldehydes is 1. The zero-order valence-corrected chi connectivity index (χ0v) is 10.4. The van der Waals surface area contributed by atoms with E-state index in [0.717, 1.165) is 12.0 Å². The molecule has 4 heteroatoms. The summed E-state index contributed by atoms with van der Waals surface area (Å²) in [7, 11) is 0. The van der Waals surface area contributed by atoms with Gasteiger partial charge in [0, 0.05) is 23.3 Å². The van der Waals surface area contributed by atoms with E-state index in [2.05, 4.69) is 4.98 Å². The molecule has 1 heterocycles. The molecule has 0 saturated carbocycles. The Balaban J connectivity index is 1.96. The Bertz CT molecular complexity index is 529. The highest BCUT2D eigenvalue weighted by Gasteiger charge is 2.04. The van der Waals surface area contributed by atoms with Crippen molar-refractivity contribution in [1.82, 2.24) is 4.98 Å². The van der Waals surface area contributed by atoms with Gasteiger partial charge in [-0.15, -0.1) is 0 Å². The van der Waals surface area contributed by atoms with Crippen LogP contribution in [0.4, 0.5) is 0 Å². The van der Waals surface area contributed by atoms with Gasteiger partial charge in [-0.25, -0.2) is 0 Å². The lowest BCUT2D eigenvalue weighted by atomic mass is 10.2. The molecule has 2 rings (SSSR count). The summed E-state index contributed by atoms with van der Waals surface area (Å²) in [6.07, 6.45) is 3.18. The maximum atomic E-state index is 10.9. The summed E-state index contributed by atoms with van der Waals surface area (Å²) in [4.78, 5) is 15.1. The predicted molar refractivity (Wildman–Crippen MR) is 70.3 cm³/mol. The standard InChI is InChI=1S/C14H12ClNO2/c15-12-4-5-14(11(9-12)10-17)18-8-6-13-3-1-2-7-16-13/h1-5,7,9-10H,6,8H2. The zero-order chi connectivity index (χ0) is 12.8. The topological polar surface area (TPSA) is 39.2 Å². The van der Waals surface area contributed by atoms with Gasteiger partial charge in [0.25, 0.3) is 0 Å². The molecule has 0 fully saturated rings. The molecule has 0 amide bonds. The normalized spacial score (nSPS) is 10.1. The quantitative estimate of drug-likeness (QED) is 0.776. The second-order valence-electron chi connectivity index (χ2n) is 3.72. The van der Waals surface area contributed by atoms with E-state index in [1.54, 1.807) is 24.4 Å². The van der Waals surface area contributed by atoms with Crippen molar-refractivity contribution in [3.8, 4) is 5.75 Å². The fraction of sp³-hybridized carbons (Fsp3) is 0.143. The van der Waals surface area contributed by atoms with Crippen LogP contribution in [0.3, 0.4) is 0 Å². The molecule has 18 heavy (non-hydrogen) atoms. The number of rotatable bonds is 5. The molecule has 0 bridgehead atoms. The first-order valence-electron chi connectivity index (χ1n) is 5.57. The maximum absolute atomic E-state index is 10.9. The molecule has 0 spiro atoms. The summed E-state index contributed by atoms with van der Waals surface area (Å²) in [6.45, 7) is 0.472. The van der Waals surface area contributed by atoms with Crippen molar-refractivity contribution in [1.29, 1.82) is 0 Å². The van der Waals surface area contributed by atoms with Crippen LogP contribution >= 0.6 is 11.6 Å². The summed E-state index contributed by atoms with van der Waals surface area (Å²) < 4.78 is 5.56. The Hall–Kier alpha value is -1.87. The van der Waals surface area contributed by atoms with Crippen molar-refractivity contribution in [2.75, 3.05) is 6.61 Å². The van der Waals surface area contributed by atoms with Gasteiger partial charge in [0.1, 0.15) is 5.75 Å². The molecule has 0 atom stereocenters. The van der Waals surface area contributed by atoms with Crippen LogP contribution in [0, 0.1) is 0 Å². The molecule has 92 valence electrons. The van der Waals surface area contributed by atoms with Crippen molar-refractivity contribution in [2.24, 2.45) is 0 Å². The summed E-state index contributed by atoms with van der Waals surface area (Å²) in [5.74, 6) is 0.547. The second-order valence-corrected chi connectivity index (χ2v) is 4.16. The summed E-state index contributed by atoms with van der Waals surface area (Å²) in [5, 5.41) is 0.522. The van der Waals surface area contributed by atoms with Gasteiger partial charge in [-0.3, -0.25) is 9.78 Å². The van der Waals surface area contributed by atoms with Crippen LogP contribution in [0.2, 0.25) is 5.02 Å². The molecule has 0 radical (unpaired) electrons. The first-order chi connectivity index (χ1) is 8.79. The van der Waals surface area contributed by atoms with E-state index in [4.69, 9.17) is 16.3 Å². The molecule has 0 saturated heterocycles. The number of hydrogen-bond acceptors (Lipinski definition) is 3. The number of carbonyl (C=O) groups is 1. The van der Waals surface area contributed by atoms with Gasteiger partial charge < -0.3 is 4.74 Å². The van der Waals surface area contributed by atoms with E-state index in [-0.39, 0.29) is 0 Å². The minimum atomic E-state index is 0.462. The predicted octanol–water partition coefficient (Wildman–Crippen LogP) is 3.17. The maximum Gasteiger partial charge on any atom is 0.153 e. The Morgan fingerprint density at radius 2 is 2.17 bits per heavy atom. The van der Waals surface area contributed by atoms with Crippen LogP contribution in [-0.4, -0.2) is 17.9 Å². The highest BCUT2D eigenvalue weighted by Crippen LogP contribution is 2.21. The fourth-order valence-corrected chi connectivity index (χ4v) is 1.73. The molecule has 0 unspecified atom stereocenters. The van der Waals surface area contributed by atoms with Crippen molar-refractivity contribution < 1.29 is 9.53 Å². The number of ether oxygens (including phenoxy) is 1. The van der Waals surface area contributed by atoms with Crippen molar-refractivity contribution in [2.45, 2.75) is 6.42 Å². The van der Waals surface area contributed by atoms with Crippen LogP contribution in [0.25, 0.3) is 0 Å². The molecule has 2 aromatic rings. The van der Waals surface area contributed by atoms with Crippen LogP contribution in [0.15, 0.2) is 42.6 Å². The molecule has 3 nitrogen and oxygen atoms in total. The lowest BCUT2D eigenvalue weighted by Crippen LogP contribution is -2.04. The van der Waals surface area contributed by atoms with Crippen LogP contribution in [-0.2, 0) is 6.42 Å². The van der Waals surface area contributed by atoms with E-state index >= 15 is 0 Å². The van der Waals surface area contributed by atoms with Crippen LogP contribution in [0.5, 0.6) is 5.75 Å². The van der Waals surface area contributed by atoms with Crippen LogP contribution < -0.4 is 4.74 Å². The van der Waals surface area contributed by atoms with E-state index in [0.29, 0.717) is 29.4 Å². The molecule has 0 aliphatic carbocycles. The van der Waals surface area contributed by atoms with Gasteiger partial charge in [-0.1, -0.05) is 17.7 Å². The monoisotopic (exact) mass is 261 g/mol. The Morgan fingerprint density at radius 1 is 1.28 bits per heavy atom. The Kier molecular flexibility index (Phi) is 4.31. The van der Waals surface area contributed by atoms with Gasteiger partial charge >= 0.3 is 0 Å². The highest BCUT2D eigenvalue weighted by molar-refractivity contribution is 6.30. The van der Waals surface area contributed by atoms with Gasteiger partial charge in [0.15, 0.2) is 6.29 Å². The van der Waals surface area contributed by atoms with E-state index in [1.165, 1.54) is 0 Å². The molecular formula is C14H12ClNO2. The largest absolute Gasteiger partial charge is 0.492 e. The third kappa shape index (κ3) is 3.31. The van der Waals surface area contributed by atoms with Gasteiger partial charge in [0.05, 0.1) is 12.2 Å². The van der Waals surface area contributed by atoms with Gasteiger partial charge in [0.2, 0.25) is 0 Å². The number of carbonyl (C=O) groups excluding carboxylic acids is 1. The fourth-order valence-electron chi connectivity index (χ4n) is 1.55. The van der Waals surface area contributed by atoms with Crippen LogP contribution in [0.1, 0.15) is 16.1 Å². The number of hydrogen-bond donors (Lipinski definition) is 0. The Morgan fingerprint density at radius 3 is 2.89 bits per heavy atom. The number of halogens is 1. The second kappa shape index (κ2) is 6.17. The summed E-state index contributed by atoms with van der Waals surface area (Å²) in [5.41, 5.74) is 1.42. The number of aromatic nitrogens is 1. The molecule has 0 aliphatic heterocycles. The summed E-state index contributed by atoms with van der Waals surface area (Å²) in [6, 6.07) is 10.7. The molecule has 0 aliphatic rings. The minimum absolute atomic E-state index is 0.462. The highest BCUT2D eigenvalue weighted by atomic mass is 35.5. The number of pyridine rings is 1. The lowest BCUT2D eigenvalue weighted by molar-refractivity contribution is 0.111. The van der Waals surface area contributed by atoms with E-state index in [9.17, 15) is 4.79 Å². The van der Waals surface area contributed by atoms with Crippen molar-refractivity contribution >= 4 is 17.9 Å². The lowest BCUT2D eigenvalue weighted by Gasteiger charge is -2.08. The molecule has 0 N–H and O–H groups in total. The third-order valence-corrected chi connectivity index (χ3v) is 2.68. The number of benzene rings is 1. The van der Waals surface area contributed by atoms with E-state index < -0.39 is 0 Å². The first kappa shape index (κ1) is 12.6. The zero-order valence-electron chi connectivity index (χ0n) is 9.67. The first-order valence-corrected chi connectivity index (χ1v) is 5.95. The summed E-state index contributed by atoms with van der Waals surface area (Å²) >= 11 is 5.80. The van der Waals surface area contributed by atoms with Crippen molar-refractivity contribution in [3.05, 3.63) is 58.9 Å². The third-order valence-electron chi connectivity index (χ3n) is 2.44. The Labute approximate surface area is 110 Å². The molecule has 1 aromatic heterocycles. The number of nitrogens with zero attached hydrogens (tertiary/aromatic N) is 1.